The molecule has 0 spiro atoms. The highest BCUT2D eigenvalue weighted by Gasteiger charge is 2.18. The predicted octanol–water partition coefficient (Wildman–Crippen LogP) is 2.03. The molecule has 0 aliphatic heterocycles. The highest BCUT2D eigenvalue weighted by Crippen LogP contribution is 2.15. The zero-order chi connectivity index (χ0) is 19.4. The van der Waals surface area contributed by atoms with Crippen molar-refractivity contribution in [2.24, 2.45) is 0 Å². The van der Waals surface area contributed by atoms with E-state index in [0.29, 0.717) is 12.2 Å². The molecule has 2 heterocycles. The molecule has 0 radical (unpaired) electrons. The number of nitrogens with zero attached hydrogens (tertiary/aromatic N) is 4. The summed E-state index contributed by atoms with van der Waals surface area (Å²) in [6.07, 6.45) is 4.73. The van der Waals surface area contributed by atoms with E-state index < -0.39 is 12.0 Å². The van der Waals surface area contributed by atoms with E-state index in [2.05, 4.69) is 15.5 Å². The SMILES string of the molecule is COc1cccc(Cn2cc(NC(=O)C(C)n3ccc(C(=O)O)n3)cn2)c1. The van der Waals surface area contributed by atoms with Crippen LogP contribution in [0.4, 0.5) is 5.69 Å². The van der Waals surface area contributed by atoms with Crippen LogP contribution >= 0.6 is 0 Å². The van der Waals surface area contributed by atoms with Gasteiger partial charge in [-0.2, -0.15) is 10.2 Å². The van der Waals surface area contributed by atoms with Crippen molar-refractivity contribution in [1.82, 2.24) is 19.6 Å². The second kappa shape index (κ2) is 7.73. The molecule has 0 aliphatic carbocycles. The number of carboxylic acids is 1. The van der Waals surface area contributed by atoms with Gasteiger partial charge in [-0.3, -0.25) is 14.2 Å². The fourth-order valence-electron chi connectivity index (χ4n) is 2.51. The van der Waals surface area contributed by atoms with E-state index >= 15 is 0 Å². The van der Waals surface area contributed by atoms with Crippen molar-refractivity contribution in [3.8, 4) is 5.75 Å². The Bertz CT molecular complexity index is 962. The molecule has 0 fully saturated rings. The molecule has 0 aliphatic rings. The smallest absolute Gasteiger partial charge is 0.356 e. The number of aromatic carboxylic acids is 1. The van der Waals surface area contributed by atoms with E-state index in [-0.39, 0.29) is 11.6 Å². The van der Waals surface area contributed by atoms with Crippen molar-refractivity contribution in [2.45, 2.75) is 19.5 Å². The molecule has 9 nitrogen and oxygen atoms in total. The Morgan fingerprint density at radius 2 is 2.15 bits per heavy atom. The maximum atomic E-state index is 12.4. The summed E-state index contributed by atoms with van der Waals surface area (Å²) in [4.78, 5) is 23.3. The molecule has 0 bridgehead atoms. The number of amides is 1. The summed E-state index contributed by atoms with van der Waals surface area (Å²) in [5.41, 5.74) is 1.45. The number of rotatable bonds is 7. The monoisotopic (exact) mass is 369 g/mol. The average Bonchev–Trinajstić information content (AvgIpc) is 3.31. The van der Waals surface area contributed by atoms with Gasteiger partial charge < -0.3 is 15.2 Å². The van der Waals surface area contributed by atoms with Crippen molar-refractivity contribution in [1.29, 1.82) is 0 Å². The number of methoxy groups -OCH3 is 1. The zero-order valence-electron chi connectivity index (χ0n) is 14.9. The van der Waals surface area contributed by atoms with Gasteiger partial charge in [-0.1, -0.05) is 12.1 Å². The van der Waals surface area contributed by atoms with Gasteiger partial charge in [0.15, 0.2) is 5.69 Å². The van der Waals surface area contributed by atoms with E-state index in [9.17, 15) is 9.59 Å². The summed E-state index contributed by atoms with van der Waals surface area (Å²) in [6.45, 7) is 2.17. The van der Waals surface area contributed by atoms with Gasteiger partial charge in [0.1, 0.15) is 11.8 Å². The minimum Gasteiger partial charge on any atom is -0.497 e. The third-order valence-corrected chi connectivity index (χ3v) is 3.98. The lowest BCUT2D eigenvalue weighted by molar-refractivity contribution is -0.119. The summed E-state index contributed by atoms with van der Waals surface area (Å²) < 4.78 is 8.21. The molecule has 1 unspecified atom stereocenters. The molecule has 3 rings (SSSR count). The van der Waals surface area contributed by atoms with Crippen molar-refractivity contribution in [3.05, 3.63) is 60.2 Å². The summed E-state index contributed by atoms with van der Waals surface area (Å²) in [6, 6.07) is 8.32. The fourth-order valence-corrected chi connectivity index (χ4v) is 2.51. The number of carbonyl (C=O) groups excluding carboxylic acids is 1. The first kappa shape index (κ1) is 18.2. The average molecular weight is 369 g/mol. The number of carboxylic acid groups (broad SMARTS) is 1. The van der Waals surface area contributed by atoms with Crippen LogP contribution in [0.5, 0.6) is 5.75 Å². The first-order valence-electron chi connectivity index (χ1n) is 8.21. The summed E-state index contributed by atoms with van der Waals surface area (Å²) in [5, 5.41) is 19.8. The minimum atomic E-state index is -1.14. The van der Waals surface area contributed by atoms with Gasteiger partial charge >= 0.3 is 5.97 Å². The Kier molecular flexibility index (Phi) is 5.20. The highest BCUT2D eigenvalue weighted by atomic mass is 16.5. The predicted molar refractivity (Wildman–Crippen MR) is 96.9 cm³/mol. The molecule has 0 saturated carbocycles. The largest absolute Gasteiger partial charge is 0.497 e. The summed E-state index contributed by atoms with van der Waals surface area (Å²) in [5.74, 6) is -0.696. The number of ether oxygens (including phenoxy) is 1. The molecule has 1 amide bonds. The fraction of sp³-hybridized carbons (Fsp3) is 0.222. The van der Waals surface area contributed by atoms with Crippen LogP contribution in [-0.2, 0) is 11.3 Å². The van der Waals surface area contributed by atoms with Crippen molar-refractivity contribution in [2.75, 3.05) is 12.4 Å². The van der Waals surface area contributed by atoms with E-state index in [1.807, 2.05) is 24.3 Å². The second-order valence-electron chi connectivity index (χ2n) is 5.93. The van der Waals surface area contributed by atoms with Crippen LogP contribution in [0.15, 0.2) is 48.9 Å². The number of nitrogens with one attached hydrogen (secondary N) is 1. The molecule has 9 heteroatoms. The highest BCUT2D eigenvalue weighted by molar-refractivity contribution is 5.93. The van der Waals surface area contributed by atoms with Crippen molar-refractivity contribution in [3.63, 3.8) is 0 Å². The van der Waals surface area contributed by atoms with Gasteiger partial charge in [0, 0.05) is 12.4 Å². The lowest BCUT2D eigenvalue weighted by Gasteiger charge is -2.11. The molecule has 27 heavy (non-hydrogen) atoms. The normalized spacial score (nSPS) is 11.8. The third-order valence-electron chi connectivity index (χ3n) is 3.98. The molecule has 1 aromatic carbocycles. The number of benzene rings is 1. The van der Waals surface area contributed by atoms with Gasteiger partial charge in [-0.25, -0.2) is 4.79 Å². The Balaban J connectivity index is 1.63. The molecule has 2 N–H and O–H groups in total. The number of aromatic nitrogens is 4. The lowest BCUT2D eigenvalue weighted by atomic mass is 10.2. The van der Waals surface area contributed by atoms with Crippen LogP contribution in [0.2, 0.25) is 0 Å². The minimum absolute atomic E-state index is 0.110. The Labute approximate surface area is 155 Å². The van der Waals surface area contributed by atoms with Gasteiger partial charge in [-0.15, -0.1) is 0 Å². The second-order valence-corrected chi connectivity index (χ2v) is 5.93. The molecular formula is C18H19N5O4. The molecule has 2 aromatic heterocycles. The first-order valence-corrected chi connectivity index (χ1v) is 8.21. The van der Waals surface area contributed by atoms with E-state index in [4.69, 9.17) is 9.84 Å². The molecule has 140 valence electrons. The van der Waals surface area contributed by atoms with Gasteiger partial charge in [0.25, 0.3) is 0 Å². The van der Waals surface area contributed by atoms with Gasteiger partial charge in [0.05, 0.1) is 25.5 Å². The zero-order valence-corrected chi connectivity index (χ0v) is 14.9. The molecule has 0 saturated heterocycles. The number of hydrogen-bond donors (Lipinski definition) is 2. The third kappa shape index (κ3) is 4.32. The van der Waals surface area contributed by atoms with Crippen LogP contribution in [-0.4, -0.2) is 43.7 Å². The van der Waals surface area contributed by atoms with Crippen LogP contribution in [0, 0.1) is 0 Å². The topological polar surface area (TPSA) is 111 Å². The standard InChI is InChI=1S/C18H19N5O4/c1-12(23-7-6-16(21-23)18(25)26)17(24)20-14-9-19-22(11-14)10-13-4-3-5-15(8-13)27-2/h3-9,11-12H,10H2,1-2H3,(H,20,24)(H,25,26). The maximum Gasteiger partial charge on any atom is 0.356 e. The Morgan fingerprint density at radius 1 is 1.33 bits per heavy atom. The first-order chi connectivity index (χ1) is 13.0. The van der Waals surface area contributed by atoms with Crippen molar-refractivity contribution < 1.29 is 19.4 Å². The van der Waals surface area contributed by atoms with Gasteiger partial charge in [-0.05, 0) is 30.7 Å². The van der Waals surface area contributed by atoms with E-state index in [0.717, 1.165) is 11.3 Å². The quantitative estimate of drug-likeness (QED) is 0.659. The van der Waals surface area contributed by atoms with E-state index in [1.165, 1.54) is 16.9 Å². The Hall–Kier alpha value is -3.62. The summed E-state index contributed by atoms with van der Waals surface area (Å²) in [7, 11) is 1.61. The number of carbonyl (C=O) groups is 2. The molecule has 3 aromatic rings. The van der Waals surface area contributed by atoms with Crippen LogP contribution in [0.3, 0.4) is 0 Å². The number of hydrogen-bond acceptors (Lipinski definition) is 5. The van der Waals surface area contributed by atoms with Crippen LogP contribution in [0.25, 0.3) is 0 Å². The van der Waals surface area contributed by atoms with Crippen LogP contribution < -0.4 is 10.1 Å². The maximum absolute atomic E-state index is 12.4. The molecular weight excluding hydrogens is 350 g/mol. The number of anilines is 1. The molecule has 1 atom stereocenters. The Morgan fingerprint density at radius 3 is 2.85 bits per heavy atom. The summed E-state index contributed by atoms with van der Waals surface area (Å²) >= 11 is 0. The van der Waals surface area contributed by atoms with Crippen LogP contribution in [0.1, 0.15) is 29.0 Å². The van der Waals surface area contributed by atoms with E-state index in [1.54, 1.807) is 31.1 Å². The lowest BCUT2D eigenvalue weighted by Crippen LogP contribution is -2.24. The van der Waals surface area contributed by atoms with Gasteiger partial charge in [0.2, 0.25) is 5.91 Å². The van der Waals surface area contributed by atoms with Crippen molar-refractivity contribution >= 4 is 17.6 Å².